The van der Waals surface area contributed by atoms with E-state index in [-0.39, 0.29) is 44.3 Å². The van der Waals surface area contributed by atoms with Crippen molar-refractivity contribution in [3.05, 3.63) is 88.9 Å². The maximum absolute atomic E-state index is 13.7. The number of alkyl halides is 3. The predicted octanol–water partition coefficient (Wildman–Crippen LogP) is 5.71. The number of anilines is 1. The zero-order valence-corrected chi connectivity index (χ0v) is 21.8. The Morgan fingerprint density at radius 1 is 1.05 bits per heavy atom. The Hall–Kier alpha value is -4.98. The van der Waals surface area contributed by atoms with E-state index in [0.29, 0.717) is 22.8 Å². The van der Waals surface area contributed by atoms with Gasteiger partial charge in [-0.05, 0) is 59.7 Å². The van der Waals surface area contributed by atoms with E-state index in [1.165, 1.54) is 36.2 Å². The van der Waals surface area contributed by atoms with Crippen molar-refractivity contribution in [3.63, 3.8) is 0 Å². The fraction of sp³-hybridized carbons (Fsp3) is 0.111. The highest BCUT2D eigenvalue weighted by molar-refractivity contribution is 7.21. The number of nitrogens with two attached hydrogens (primary N) is 1. The highest BCUT2D eigenvalue weighted by Crippen LogP contribution is 2.43. The smallest absolute Gasteiger partial charge is 0.433 e. The van der Waals surface area contributed by atoms with Crippen LogP contribution in [0.3, 0.4) is 0 Å². The standard InChI is InChI=1S/C27H19F4N5O4S/c1-39-16-6-8-17(9-7-16)40-13-36-11-10-19(35-36)25(38)34-22-21-18(14-2-4-15(28)5-3-14)12-20(27(29,30)31)33-26(21)41-23(22)24(32)37/h2-12H,13H2,1H3,(H2,32,37)(H,34,38). The van der Waals surface area contributed by atoms with E-state index in [1.807, 2.05) is 0 Å². The number of nitrogens with one attached hydrogen (secondary N) is 1. The van der Waals surface area contributed by atoms with Crippen LogP contribution in [-0.4, -0.2) is 33.7 Å². The van der Waals surface area contributed by atoms with Crippen molar-refractivity contribution < 1.29 is 36.6 Å². The Labute approximate surface area is 233 Å². The zero-order valence-electron chi connectivity index (χ0n) is 21.0. The fourth-order valence-electron chi connectivity index (χ4n) is 3.94. The molecular weight excluding hydrogens is 566 g/mol. The fourth-order valence-corrected chi connectivity index (χ4v) is 4.95. The van der Waals surface area contributed by atoms with Gasteiger partial charge in [-0.2, -0.15) is 18.3 Å². The number of carbonyl (C=O) groups is 2. The average Bonchev–Trinajstić information content (AvgIpc) is 3.57. The van der Waals surface area contributed by atoms with E-state index in [4.69, 9.17) is 15.2 Å². The summed E-state index contributed by atoms with van der Waals surface area (Å²) in [5.41, 5.74) is 4.27. The molecule has 5 aromatic rings. The van der Waals surface area contributed by atoms with E-state index < -0.39 is 29.5 Å². The van der Waals surface area contributed by atoms with Gasteiger partial charge in [0.1, 0.15) is 32.7 Å². The van der Waals surface area contributed by atoms with Crippen LogP contribution in [0.2, 0.25) is 0 Å². The first-order chi connectivity index (χ1) is 19.5. The average molecular weight is 586 g/mol. The molecule has 0 bridgehead atoms. The van der Waals surface area contributed by atoms with Crippen molar-refractivity contribution >= 4 is 39.1 Å². The first-order valence-electron chi connectivity index (χ1n) is 11.8. The molecule has 3 aromatic heterocycles. The normalized spacial score (nSPS) is 11.4. The molecule has 0 atom stereocenters. The first kappa shape index (κ1) is 27.6. The largest absolute Gasteiger partial charge is 0.497 e. The molecule has 2 aromatic carbocycles. The lowest BCUT2D eigenvalue weighted by molar-refractivity contribution is -0.140. The molecular formula is C27H19F4N5O4S. The van der Waals surface area contributed by atoms with E-state index in [2.05, 4.69) is 15.4 Å². The van der Waals surface area contributed by atoms with Gasteiger partial charge in [-0.15, -0.1) is 11.3 Å². The summed E-state index contributed by atoms with van der Waals surface area (Å²) in [6.45, 7) is -0.0353. The summed E-state index contributed by atoms with van der Waals surface area (Å²) >= 11 is 0.596. The molecule has 0 saturated heterocycles. The van der Waals surface area contributed by atoms with Crippen molar-refractivity contribution in [2.75, 3.05) is 12.4 Å². The molecule has 3 N–H and O–H groups in total. The van der Waals surface area contributed by atoms with Crippen molar-refractivity contribution in [1.82, 2.24) is 14.8 Å². The number of nitrogens with zero attached hydrogens (tertiary/aromatic N) is 3. The number of benzene rings is 2. The lowest BCUT2D eigenvalue weighted by atomic mass is 10.0. The maximum Gasteiger partial charge on any atom is 0.433 e. The van der Waals surface area contributed by atoms with Gasteiger partial charge < -0.3 is 20.5 Å². The molecule has 0 fully saturated rings. The third-order valence-electron chi connectivity index (χ3n) is 5.87. The van der Waals surface area contributed by atoms with Gasteiger partial charge in [0.2, 0.25) is 0 Å². The summed E-state index contributed by atoms with van der Waals surface area (Å²) in [7, 11) is 1.54. The van der Waals surface area contributed by atoms with Gasteiger partial charge in [-0.3, -0.25) is 9.59 Å². The van der Waals surface area contributed by atoms with Gasteiger partial charge in [0.15, 0.2) is 12.4 Å². The minimum atomic E-state index is -4.82. The summed E-state index contributed by atoms with van der Waals surface area (Å²) in [6.07, 6.45) is -3.33. The van der Waals surface area contributed by atoms with Crippen LogP contribution in [0.4, 0.5) is 23.2 Å². The molecule has 9 nitrogen and oxygen atoms in total. The molecule has 0 aliphatic rings. The second-order valence-electron chi connectivity index (χ2n) is 8.55. The minimum absolute atomic E-state index is 0.0280. The number of ether oxygens (including phenoxy) is 2. The molecule has 5 rings (SSSR count). The number of hydrogen-bond donors (Lipinski definition) is 2. The van der Waals surface area contributed by atoms with E-state index in [1.54, 1.807) is 24.3 Å². The summed E-state index contributed by atoms with van der Waals surface area (Å²) in [5.74, 6) is -1.17. The highest BCUT2D eigenvalue weighted by Gasteiger charge is 2.35. The Morgan fingerprint density at radius 3 is 2.37 bits per heavy atom. The van der Waals surface area contributed by atoms with E-state index in [0.717, 1.165) is 18.2 Å². The van der Waals surface area contributed by atoms with Crippen molar-refractivity contribution in [2.45, 2.75) is 12.9 Å². The summed E-state index contributed by atoms with van der Waals surface area (Å²) in [4.78, 5) is 28.7. The van der Waals surface area contributed by atoms with Crippen molar-refractivity contribution in [3.8, 4) is 22.6 Å². The number of halogens is 4. The zero-order chi connectivity index (χ0) is 29.3. The van der Waals surface area contributed by atoms with Crippen LogP contribution < -0.4 is 20.5 Å². The van der Waals surface area contributed by atoms with Crippen LogP contribution in [0.5, 0.6) is 11.5 Å². The Bertz CT molecular complexity index is 1750. The summed E-state index contributed by atoms with van der Waals surface area (Å²) in [5, 5.41) is 6.76. The number of rotatable bonds is 8. The SMILES string of the molecule is COc1ccc(OCn2ccc(C(=O)Nc3c(C(N)=O)sc4nc(C(F)(F)F)cc(-c5ccc(F)cc5)c34)n2)cc1. The van der Waals surface area contributed by atoms with Gasteiger partial charge in [-0.25, -0.2) is 14.1 Å². The van der Waals surface area contributed by atoms with E-state index in [9.17, 15) is 27.2 Å². The second kappa shape index (κ2) is 10.9. The van der Waals surface area contributed by atoms with E-state index >= 15 is 0 Å². The number of thiophene rings is 1. The Kier molecular flexibility index (Phi) is 7.32. The van der Waals surface area contributed by atoms with Gasteiger partial charge >= 0.3 is 6.18 Å². The molecule has 0 radical (unpaired) electrons. The van der Waals surface area contributed by atoms with Gasteiger partial charge in [-0.1, -0.05) is 12.1 Å². The molecule has 0 aliphatic carbocycles. The highest BCUT2D eigenvalue weighted by atomic mass is 32.1. The van der Waals surface area contributed by atoms with Gasteiger partial charge in [0.05, 0.1) is 12.8 Å². The van der Waals surface area contributed by atoms with Crippen LogP contribution in [0.15, 0.2) is 66.9 Å². The topological polar surface area (TPSA) is 121 Å². The summed E-state index contributed by atoms with van der Waals surface area (Å²) < 4.78 is 66.7. The second-order valence-corrected chi connectivity index (χ2v) is 9.55. The third-order valence-corrected chi connectivity index (χ3v) is 6.96. The number of primary amides is 1. The summed E-state index contributed by atoms with van der Waals surface area (Å²) in [6, 6.07) is 13.7. The molecule has 41 heavy (non-hydrogen) atoms. The predicted molar refractivity (Wildman–Crippen MR) is 142 cm³/mol. The maximum atomic E-state index is 13.7. The number of fused-ring (bicyclic) bond motifs is 1. The quantitative estimate of drug-likeness (QED) is 0.225. The van der Waals surface area contributed by atoms with Crippen LogP contribution >= 0.6 is 11.3 Å². The number of methoxy groups -OCH3 is 1. The number of hydrogen-bond acceptors (Lipinski definition) is 7. The first-order valence-corrected chi connectivity index (χ1v) is 12.6. The lowest BCUT2D eigenvalue weighted by Crippen LogP contribution is -2.18. The van der Waals surface area contributed by atoms with Crippen LogP contribution in [0.25, 0.3) is 21.3 Å². The molecule has 0 spiro atoms. The van der Waals surface area contributed by atoms with Crippen molar-refractivity contribution in [2.24, 2.45) is 5.73 Å². The van der Waals surface area contributed by atoms with Crippen LogP contribution in [-0.2, 0) is 12.9 Å². The Morgan fingerprint density at radius 2 is 1.73 bits per heavy atom. The Balaban J connectivity index is 1.49. The molecule has 2 amide bonds. The number of amides is 2. The van der Waals surface area contributed by atoms with Crippen molar-refractivity contribution in [1.29, 1.82) is 0 Å². The number of carbonyl (C=O) groups excluding carboxylic acids is 2. The molecule has 210 valence electrons. The number of pyridine rings is 1. The van der Waals surface area contributed by atoms with Gasteiger partial charge in [0.25, 0.3) is 11.8 Å². The lowest BCUT2D eigenvalue weighted by Gasteiger charge is -2.12. The van der Waals surface area contributed by atoms with Gasteiger partial charge in [0, 0.05) is 11.6 Å². The molecule has 0 saturated carbocycles. The van der Waals surface area contributed by atoms with Crippen LogP contribution in [0.1, 0.15) is 25.9 Å². The molecule has 3 heterocycles. The van der Waals surface area contributed by atoms with Crippen LogP contribution in [0, 0.1) is 5.82 Å². The molecule has 0 aliphatic heterocycles. The molecule has 14 heteroatoms. The number of aromatic nitrogens is 3. The monoisotopic (exact) mass is 585 g/mol. The third kappa shape index (κ3) is 5.82. The minimum Gasteiger partial charge on any atom is -0.497 e. The molecule has 0 unspecified atom stereocenters.